The van der Waals surface area contributed by atoms with Crippen LogP contribution in [-0.4, -0.2) is 65.4 Å². The lowest BCUT2D eigenvalue weighted by Gasteiger charge is -2.38. The van der Waals surface area contributed by atoms with Crippen molar-refractivity contribution in [2.45, 2.75) is 26.3 Å². The average molecular weight is 280 g/mol. The molecule has 1 aliphatic heterocycles. The number of piperazine rings is 1. The minimum absolute atomic E-state index is 0.235. The molecule has 2 rings (SSSR count). The van der Waals surface area contributed by atoms with Gasteiger partial charge in [-0.15, -0.1) is 0 Å². The van der Waals surface area contributed by atoms with Crippen LogP contribution in [0.1, 0.15) is 20.3 Å². The molecule has 0 radical (unpaired) electrons. The van der Waals surface area contributed by atoms with E-state index in [1.54, 1.807) is 6.33 Å². The molecule has 6 nitrogen and oxygen atoms in total. The molecule has 1 aliphatic rings. The molecule has 0 saturated carbocycles. The van der Waals surface area contributed by atoms with E-state index < -0.39 is 0 Å². The number of aliphatic hydroxyl groups excluding tert-OH is 1. The predicted octanol–water partition coefficient (Wildman–Crippen LogP) is 0.768. The molecule has 0 bridgehead atoms. The van der Waals surface area contributed by atoms with Crippen LogP contribution < -0.4 is 9.64 Å². The van der Waals surface area contributed by atoms with E-state index in [4.69, 9.17) is 4.74 Å². The van der Waals surface area contributed by atoms with Crippen molar-refractivity contribution < 1.29 is 9.84 Å². The Bertz CT molecular complexity index is 404. The van der Waals surface area contributed by atoms with Crippen molar-refractivity contribution in [3.63, 3.8) is 0 Å². The number of aliphatic hydroxyl groups is 1. The summed E-state index contributed by atoms with van der Waals surface area (Å²) in [6, 6.07) is 2.17. The van der Waals surface area contributed by atoms with Crippen molar-refractivity contribution in [3.8, 4) is 5.88 Å². The third-order valence-electron chi connectivity index (χ3n) is 3.76. The zero-order valence-electron chi connectivity index (χ0n) is 12.3. The Kier molecular flexibility index (Phi) is 5.55. The van der Waals surface area contributed by atoms with E-state index in [2.05, 4.69) is 26.7 Å². The van der Waals surface area contributed by atoms with E-state index in [9.17, 15) is 5.11 Å². The topological polar surface area (TPSA) is 61.7 Å². The Morgan fingerprint density at radius 2 is 2.00 bits per heavy atom. The van der Waals surface area contributed by atoms with Gasteiger partial charge in [0.1, 0.15) is 12.1 Å². The maximum absolute atomic E-state index is 9.36. The smallest absolute Gasteiger partial charge is 0.218 e. The largest absolute Gasteiger partial charge is 0.478 e. The standard InChI is InChI=1S/C14H24N4O2/c1-3-12(10-19)17-5-7-18(8-6-17)13-9-14(20-4-2)16-11-15-13/h9,11-12,19H,3-8,10H2,1-2H3/t12-/m0/s1. The van der Waals surface area contributed by atoms with Gasteiger partial charge in [-0.05, 0) is 13.3 Å². The summed E-state index contributed by atoms with van der Waals surface area (Å²) < 4.78 is 5.41. The van der Waals surface area contributed by atoms with Gasteiger partial charge in [0.05, 0.1) is 13.2 Å². The van der Waals surface area contributed by atoms with E-state index in [0.717, 1.165) is 38.4 Å². The highest BCUT2D eigenvalue weighted by molar-refractivity contribution is 5.41. The van der Waals surface area contributed by atoms with Gasteiger partial charge in [0, 0.05) is 38.3 Å². The summed E-state index contributed by atoms with van der Waals surface area (Å²) in [4.78, 5) is 13.0. The molecule has 112 valence electrons. The molecule has 0 amide bonds. The second-order valence-electron chi connectivity index (χ2n) is 4.92. The molecule has 20 heavy (non-hydrogen) atoms. The van der Waals surface area contributed by atoms with Crippen LogP contribution in [0.4, 0.5) is 5.82 Å². The predicted molar refractivity (Wildman–Crippen MR) is 78.2 cm³/mol. The highest BCUT2D eigenvalue weighted by Gasteiger charge is 2.23. The van der Waals surface area contributed by atoms with Gasteiger partial charge in [-0.25, -0.2) is 9.97 Å². The molecule has 0 aliphatic carbocycles. The molecule has 1 aromatic rings. The third kappa shape index (κ3) is 3.58. The minimum Gasteiger partial charge on any atom is -0.478 e. The summed E-state index contributed by atoms with van der Waals surface area (Å²) in [6.07, 6.45) is 2.54. The molecule has 0 aromatic carbocycles. The number of ether oxygens (including phenoxy) is 1. The third-order valence-corrected chi connectivity index (χ3v) is 3.76. The number of rotatable bonds is 6. The maximum atomic E-state index is 9.36. The van der Waals surface area contributed by atoms with Crippen LogP contribution in [0.5, 0.6) is 5.88 Å². The Balaban J connectivity index is 1.94. The molecule has 2 heterocycles. The lowest BCUT2D eigenvalue weighted by atomic mass is 10.1. The Labute approximate surface area is 120 Å². The molecule has 6 heteroatoms. The Hall–Kier alpha value is -1.40. The van der Waals surface area contributed by atoms with Gasteiger partial charge in [-0.1, -0.05) is 6.92 Å². The first-order valence-electron chi connectivity index (χ1n) is 7.33. The van der Waals surface area contributed by atoms with E-state index >= 15 is 0 Å². The molecule has 1 saturated heterocycles. The molecular weight excluding hydrogens is 256 g/mol. The van der Waals surface area contributed by atoms with Crippen LogP contribution in [0, 0.1) is 0 Å². The van der Waals surface area contributed by atoms with Crippen molar-refractivity contribution >= 4 is 5.82 Å². The molecule has 1 N–H and O–H groups in total. The fourth-order valence-electron chi connectivity index (χ4n) is 2.55. The first kappa shape index (κ1) is 15.0. The monoisotopic (exact) mass is 280 g/mol. The second-order valence-corrected chi connectivity index (χ2v) is 4.92. The summed E-state index contributed by atoms with van der Waals surface area (Å²) in [5, 5.41) is 9.36. The molecule has 0 spiro atoms. The van der Waals surface area contributed by atoms with E-state index in [1.807, 2.05) is 13.0 Å². The summed E-state index contributed by atoms with van der Waals surface area (Å²) in [7, 11) is 0. The first-order valence-corrected chi connectivity index (χ1v) is 7.33. The summed E-state index contributed by atoms with van der Waals surface area (Å²) in [5.41, 5.74) is 0. The summed E-state index contributed by atoms with van der Waals surface area (Å²) >= 11 is 0. The fraction of sp³-hybridized carbons (Fsp3) is 0.714. The fourth-order valence-corrected chi connectivity index (χ4v) is 2.55. The van der Waals surface area contributed by atoms with Gasteiger partial charge in [0.15, 0.2) is 0 Å². The SMILES string of the molecule is CCOc1cc(N2CCN([C@@H](CC)CO)CC2)ncn1. The normalized spacial score (nSPS) is 18.1. The van der Waals surface area contributed by atoms with Crippen LogP contribution in [0.15, 0.2) is 12.4 Å². The van der Waals surface area contributed by atoms with Crippen molar-refractivity contribution in [1.29, 1.82) is 0 Å². The number of hydrogen-bond donors (Lipinski definition) is 1. The van der Waals surface area contributed by atoms with Crippen LogP contribution >= 0.6 is 0 Å². The molecule has 1 fully saturated rings. The number of nitrogens with zero attached hydrogens (tertiary/aromatic N) is 4. The van der Waals surface area contributed by atoms with Gasteiger partial charge >= 0.3 is 0 Å². The summed E-state index contributed by atoms with van der Waals surface area (Å²) in [6.45, 7) is 8.64. The van der Waals surface area contributed by atoms with Crippen molar-refractivity contribution in [2.75, 3.05) is 44.3 Å². The zero-order chi connectivity index (χ0) is 14.4. The van der Waals surface area contributed by atoms with Gasteiger partial charge in [-0.2, -0.15) is 0 Å². The molecule has 1 aromatic heterocycles. The van der Waals surface area contributed by atoms with E-state index in [-0.39, 0.29) is 12.6 Å². The zero-order valence-corrected chi connectivity index (χ0v) is 12.3. The Morgan fingerprint density at radius 1 is 1.25 bits per heavy atom. The van der Waals surface area contributed by atoms with Crippen LogP contribution in [0.3, 0.4) is 0 Å². The highest BCUT2D eigenvalue weighted by Crippen LogP contribution is 2.18. The van der Waals surface area contributed by atoms with E-state index in [1.165, 1.54) is 0 Å². The second kappa shape index (κ2) is 7.40. The van der Waals surface area contributed by atoms with Gasteiger partial charge < -0.3 is 14.7 Å². The van der Waals surface area contributed by atoms with Crippen molar-refractivity contribution in [2.24, 2.45) is 0 Å². The van der Waals surface area contributed by atoms with Crippen molar-refractivity contribution in [1.82, 2.24) is 14.9 Å². The average Bonchev–Trinajstić information content (AvgIpc) is 2.50. The molecule has 0 unspecified atom stereocenters. The molecular formula is C14H24N4O2. The van der Waals surface area contributed by atoms with Gasteiger partial charge in [0.2, 0.25) is 5.88 Å². The van der Waals surface area contributed by atoms with Crippen LogP contribution in [0.2, 0.25) is 0 Å². The summed E-state index contributed by atoms with van der Waals surface area (Å²) in [5.74, 6) is 1.54. The number of hydrogen-bond acceptors (Lipinski definition) is 6. The van der Waals surface area contributed by atoms with Crippen molar-refractivity contribution in [3.05, 3.63) is 12.4 Å². The lowest BCUT2D eigenvalue weighted by molar-refractivity contribution is 0.114. The van der Waals surface area contributed by atoms with Gasteiger partial charge in [-0.3, -0.25) is 4.90 Å². The molecule has 1 atom stereocenters. The van der Waals surface area contributed by atoms with E-state index in [0.29, 0.717) is 12.5 Å². The van der Waals surface area contributed by atoms with Gasteiger partial charge in [0.25, 0.3) is 0 Å². The number of anilines is 1. The number of aromatic nitrogens is 2. The maximum Gasteiger partial charge on any atom is 0.218 e. The minimum atomic E-state index is 0.235. The first-order chi connectivity index (χ1) is 9.78. The van der Waals surface area contributed by atoms with Crippen LogP contribution in [-0.2, 0) is 0 Å². The highest BCUT2D eigenvalue weighted by atomic mass is 16.5. The Morgan fingerprint density at radius 3 is 2.60 bits per heavy atom. The lowest BCUT2D eigenvalue weighted by Crippen LogP contribution is -2.51. The van der Waals surface area contributed by atoms with Crippen LogP contribution in [0.25, 0.3) is 0 Å². The quantitative estimate of drug-likeness (QED) is 0.830.